The van der Waals surface area contributed by atoms with Gasteiger partial charge in [0.15, 0.2) is 0 Å². The van der Waals surface area contributed by atoms with Crippen molar-refractivity contribution in [1.29, 1.82) is 0 Å². The summed E-state index contributed by atoms with van der Waals surface area (Å²) >= 11 is 6.19. The molecule has 0 unspecified atom stereocenters. The van der Waals surface area contributed by atoms with Crippen LogP contribution in [-0.2, 0) is 6.42 Å². The van der Waals surface area contributed by atoms with Crippen LogP contribution < -0.4 is 0 Å². The van der Waals surface area contributed by atoms with Crippen LogP contribution in [0.3, 0.4) is 0 Å². The first kappa shape index (κ1) is 11.7. The second kappa shape index (κ2) is 4.50. The summed E-state index contributed by atoms with van der Waals surface area (Å²) in [6.45, 7) is 0. The normalized spacial score (nSPS) is 12.1. The highest BCUT2D eigenvalue weighted by Gasteiger charge is 2.21. The summed E-state index contributed by atoms with van der Waals surface area (Å²) in [6.07, 6.45) is 1.00. The summed E-state index contributed by atoms with van der Waals surface area (Å²) in [6, 6.07) is 23.3. The van der Waals surface area contributed by atoms with Crippen LogP contribution in [0.1, 0.15) is 11.1 Å². The number of hydrogen-bond acceptors (Lipinski definition) is 0. The zero-order valence-corrected chi connectivity index (χ0v) is 11.7. The molecule has 1 aliphatic carbocycles. The van der Waals surface area contributed by atoms with Crippen molar-refractivity contribution in [1.82, 2.24) is 0 Å². The summed E-state index contributed by atoms with van der Waals surface area (Å²) < 4.78 is 0. The fourth-order valence-electron chi connectivity index (χ4n) is 3.06. The molecule has 1 aliphatic rings. The summed E-state index contributed by atoms with van der Waals surface area (Å²) in [5.41, 5.74) is 7.95. The Balaban J connectivity index is 2.01. The standard InChI is InChI=1S/C19H13Cl/c20-16-10-9-14-11-15-7-4-8-17(19(15)18(14)12-16)13-5-2-1-3-6-13/h1-10,12H,11H2. The third-order valence-electron chi connectivity index (χ3n) is 3.96. The Morgan fingerprint density at radius 3 is 2.40 bits per heavy atom. The van der Waals surface area contributed by atoms with Crippen molar-refractivity contribution in [2.75, 3.05) is 0 Å². The van der Waals surface area contributed by atoms with Gasteiger partial charge >= 0.3 is 0 Å². The SMILES string of the molecule is Clc1ccc2c(c1)-c1c(cccc1-c1ccccc1)C2. The largest absolute Gasteiger partial charge is 0.0843 e. The van der Waals surface area contributed by atoms with E-state index in [2.05, 4.69) is 60.7 Å². The van der Waals surface area contributed by atoms with Crippen LogP contribution >= 0.6 is 11.6 Å². The fourth-order valence-corrected chi connectivity index (χ4v) is 3.24. The van der Waals surface area contributed by atoms with E-state index in [0.717, 1.165) is 11.4 Å². The molecule has 96 valence electrons. The average molecular weight is 277 g/mol. The maximum absolute atomic E-state index is 6.19. The third-order valence-corrected chi connectivity index (χ3v) is 4.19. The molecule has 0 bridgehead atoms. The fraction of sp³-hybridized carbons (Fsp3) is 0.0526. The number of rotatable bonds is 1. The first-order chi connectivity index (χ1) is 9.83. The van der Waals surface area contributed by atoms with Crippen LogP contribution in [0.15, 0.2) is 66.7 Å². The van der Waals surface area contributed by atoms with E-state index in [9.17, 15) is 0 Å². The van der Waals surface area contributed by atoms with Gasteiger partial charge in [-0.3, -0.25) is 0 Å². The maximum atomic E-state index is 6.19. The molecule has 0 spiro atoms. The molecule has 0 nitrogen and oxygen atoms in total. The van der Waals surface area contributed by atoms with E-state index >= 15 is 0 Å². The van der Waals surface area contributed by atoms with Crippen molar-refractivity contribution in [3.63, 3.8) is 0 Å². The zero-order chi connectivity index (χ0) is 13.5. The number of fused-ring (bicyclic) bond motifs is 3. The van der Waals surface area contributed by atoms with E-state index in [0.29, 0.717) is 0 Å². The van der Waals surface area contributed by atoms with Crippen LogP contribution in [0.4, 0.5) is 0 Å². The van der Waals surface area contributed by atoms with Gasteiger partial charge < -0.3 is 0 Å². The molecule has 20 heavy (non-hydrogen) atoms. The molecule has 0 radical (unpaired) electrons. The summed E-state index contributed by atoms with van der Waals surface area (Å²) in [7, 11) is 0. The van der Waals surface area contributed by atoms with Crippen molar-refractivity contribution >= 4 is 11.6 Å². The summed E-state index contributed by atoms with van der Waals surface area (Å²) in [5.74, 6) is 0. The first-order valence-corrected chi connectivity index (χ1v) is 7.17. The number of benzene rings is 3. The Bertz CT molecular complexity index is 788. The van der Waals surface area contributed by atoms with E-state index in [4.69, 9.17) is 11.6 Å². The molecule has 0 saturated carbocycles. The molecule has 3 aromatic rings. The van der Waals surface area contributed by atoms with Crippen LogP contribution in [0.2, 0.25) is 5.02 Å². The minimum absolute atomic E-state index is 0.805. The molecule has 0 aliphatic heterocycles. The molecular formula is C19H13Cl. The minimum atomic E-state index is 0.805. The molecule has 0 aromatic heterocycles. The van der Waals surface area contributed by atoms with Crippen molar-refractivity contribution in [3.05, 3.63) is 82.9 Å². The topological polar surface area (TPSA) is 0 Å². The van der Waals surface area contributed by atoms with Crippen LogP contribution in [0.5, 0.6) is 0 Å². The highest BCUT2D eigenvalue weighted by atomic mass is 35.5. The Hall–Kier alpha value is -2.05. The van der Waals surface area contributed by atoms with E-state index < -0.39 is 0 Å². The lowest BCUT2D eigenvalue weighted by Crippen LogP contribution is -1.85. The van der Waals surface area contributed by atoms with Gasteiger partial charge in [-0.15, -0.1) is 0 Å². The Labute approximate surface area is 123 Å². The molecular weight excluding hydrogens is 264 g/mol. The van der Waals surface area contributed by atoms with Gasteiger partial charge in [0.1, 0.15) is 0 Å². The van der Waals surface area contributed by atoms with Gasteiger partial charge in [0.2, 0.25) is 0 Å². The molecule has 0 saturated heterocycles. The van der Waals surface area contributed by atoms with Gasteiger partial charge in [-0.05, 0) is 51.9 Å². The van der Waals surface area contributed by atoms with Crippen LogP contribution in [-0.4, -0.2) is 0 Å². The Morgan fingerprint density at radius 2 is 1.55 bits per heavy atom. The highest BCUT2D eigenvalue weighted by Crippen LogP contribution is 2.43. The van der Waals surface area contributed by atoms with Gasteiger partial charge in [-0.2, -0.15) is 0 Å². The average Bonchev–Trinajstić information content (AvgIpc) is 2.86. The van der Waals surface area contributed by atoms with Crippen molar-refractivity contribution in [2.45, 2.75) is 6.42 Å². The third kappa shape index (κ3) is 1.76. The molecule has 1 heteroatoms. The van der Waals surface area contributed by atoms with Crippen molar-refractivity contribution in [3.8, 4) is 22.3 Å². The van der Waals surface area contributed by atoms with Gasteiger partial charge in [0.25, 0.3) is 0 Å². The molecule has 0 N–H and O–H groups in total. The Kier molecular flexibility index (Phi) is 2.64. The van der Waals surface area contributed by atoms with Crippen LogP contribution in [0.25, 0.3) is 22.3 Å². The molecule has 4 rings (SSSR count). The summed E-state index contributed by atoms with van der Waals surface area (Å²) in [4.78, 5) is 0. The highest BCUT2D eigenvalue weighted by molar-refractivity contribution is 6.31. The van der Waals surface area contributed by atoms with E-state index in [1.165, 1.54) is 33.4 Å². The van der Waals surface area contributed by atoms with Gasteiger partial charge in [-0.25, -0.2) is 0 Å². The molecule has 0 fully saturated rings. The maximum Gasteiger partial charge on any atom is 0.0412 e. The van der Waals surface area contributed by atoms with Gasteiger partial charge in [0.05, 0.1) is 0 Å². The number of halogens is 1. The quantitative estimate of drug-likeness (QED) is 0.426. The molecule has 0 amide bonds. The molecule has 3 aromatic carbocycles. The zero-order valence-electron chi connectivity index (χ0n) is 10.9. The van der Waals surface area contributed by atoms with Gasteiger partial charge in [0, 0.05) is 5.02 Å². The minimum Gasteiger partial charge on any atom is -0.0843 e. The lowest BCUT2D eigenvalue weighted by Gasteiger charge is -2.10. The van der Waals surface area contributed by atoms with E-state index in [-0.39, 0.29) is 0 Å². The van der Waals surface area contributed by atoms with E-state index in [1.54, 1.807) is 0 Å². The molecule has 0 atom stereocenters. The van der Waals surface area contributed by atoms with Crippen molar-refractivity contribution < 1.29 is 0 Å². The van der Waals surface area contributed by atoms with Gasteiger partial charge in [-0.1, -0.05) is 66.2 Å². The lowest BCUT2D eigenvalue weighted by molar-refractivity contribution is 1.26. The summed E-state index contributed by atoms with van der Waals surface area (Å²) in [5, 5.41) is 0.805. The second-order valence-corrected chi connectivity index (χ2v) is 5.62. The van der Waals surface area contributed by atoms with Crippen molar-refractivity contribution in [2.24, 2.45) is 0 Å². The predicted molar refractivity (Wildman–Crippen MR) is 85.1 cm³/mol. The number of hydrogen-bond donors (Lipinski definition) is 0. The first-order valence-electron chi connectivity index (χ1n) is 6.79. The lowest BCUT2D eigenvalue weighted by atomic mass is 9.94. The predicted octanol–water partition coefficient (Wildman–Crippen LogP) is 5.58. The second-order valence-electron chi connectivity index (χ2n) is 5.18. The molecule has 0 heterocycles. The van der Waals surface area contributed by atoms with E-state index in [1.807, 2.05) is 6.07 Å². The monoisotopic (exact) mass is 276 g/mol. The smallest absolute Gasteiger partial charge is 0.0412 e. The Morgan fingerprint density at radius 1 is 0.700 bits per heavy atom. The van der Waals surface area contributed by atoms with Crippen LogP contribution in [0, 0.1) is 0 Å².